The molecule has 1 amide bonds. The highest BCUT2D eigenvalue weighted by Gasteiger charge is 2.16. The molecule has 1 aromatic carbocycles. The molecule has 1 N–H and O–H groups in total. The van der Waals surface area contributed by atoms with Crippen LogP contribution in [-0.4, -0.2) is 11.4 Å². The zero-order valence-corrected chi connectivity index (χ0v) is 8.60. The fourth-order valence-corrected chi connectivity index (χ4v) is 1.02. The van der Waals surface area contributed by atoms with Gasteiger partial charge in [-0.1, -0.05) is 0 Å². The van der Waals surface area contributed by atoms with Crippen LogP contribution in [0.4, 0.5) is 8.78 Å². The molecule has 0 saturated heterocycles. The lowest BCUT2D eigenvalue weighted by Gasteiger charge is -2.20. The van der Waals surface area contributed by atoms with Gasteiger partial charge in [-0.3, -0.25) is 4.79 Å². The smallest absolute Gasteiger partial charge is 0.251 e. The fourth-order valence-electron chi connectivity index (χ4n) is 1.02. The normalized spacial score (nSPS) is 11.3. The second-order valence-corrected chi connectivity index (χ2v) is 3.97. The Balaban J connectivity index is 2.88. The summed E-state index contributed by atoms with van der Waals surface area (Å²) >= 11 is 0. The second kappa shape index (κ2) is 3.96. The largest absolute Gasteiger partial charge is 0.347 e. The van der Waals surface area contributed by atoms with Gasteiger partial charge in [0.1, 0.15) is 0 Å². The number of nitrogens with one attached hydrogen (secondary N) is 1. The van der Waals surface area contributed by atoms with Gasteiger partial charge in [-0.25, -0.2) is 8.78 Å². The highest BCUT2D eigenvalue weighted by atomic mass is 19.2. The Labute approximate surface area is 87.3 Å². The van der Waals surface area contributed by atoms with Gasteiger partial charge in [0.15, 0.2) is 11.6 Å². The second-order valence-electron chi connectivity index (χ2n) is 3.97. The highest BCUT2D eigenvalue weighted by molar-refractivity contribution is 5.94. The van der Waals surface area contributed by atoms with E-state index >= 15 is 0 Å². The van der Waals surface area contributed by atoms with Crippen LogP contribution in [0.2, 0.25) is 0 Å². The molecule has 0 saturated carbocycles. The standard InChI is InChI=1S/C11H12F2NO/c1-11(2,3)14-10(15)7-4-5-8(12)9(13)6-7/h4-6H,1H2,2-3H3,(H,14,15). The van der Waals surface area contributed by atoms with E-state index in [1.807, 2.05) is 0 Å². The number of hydrogen-bond donors (Lipinski definition) is 1. The third kappa shape index (κ3) is 3.31. The van der Waals surface area contributed by atoms with Crippen molar-refractivity contribution in [3.05, 3.63) is 42.3 Å². The summed E-state index contributed by atoms with van der Waals surface area (Å²) in [5.74, 6) is -2.49. The minimum absolute atomic E-state index is 0.0747. The third-order valence-electron chi connectivity index (χ3n) is 1.63. The van der Waals surface area contributed by atoms with Gasteiger partial charge in [0.05, 0.1) is 0 Å². The minimum Gasteiger partial charge on any atom is -0.347 e. The summed E-state index contributed by atoms with van der Waals surface area (Å²) in [6.07, 6.45) is 0. The van der Waals surface area contributed by atoms with E-state index in [1.54, 1.807) is 13.8 Å². The Hall–Kier alpha value is -1.45. The Morgan fingerprint density at radius 1 is 1.33 bits per heavy atom. The molecule has 0 atom stereocenters. The zero-order valence-electron chi connectivity index (χ0n) is 8.60. The molecule has 0 aromatic heterocycles. The lowest BCUT2D eigenvalue weighted by molar-refractivity contribution is 0.0926. The first-order chi connectivity index (χ1) is 6.79. The molecule has 15 heavy (non-hydrogen) atoms. The van der Waals surface area contributed by atoms with Crippen molar-refractivity contribution >= 4 is 5.91 Å². The summed E-state index contributed by atoms with van der Waals surface area (Å²) in [4.78, 5) is 11.5. The summed E-state index contributed by atoms with van der Waals surface area (Å²) in [6.45, 7) is 7.07. The number of halogens is 2. The molecule has 0 unspecified atom stereocenters. The van der Waals surface area contributed by atoms with Gasteiger partial charge in [-0.05, 0) is 39.0 Å². The Morgan fingerprint density at radius 2 is 1.93 bits per heavy atom. The van der Waals surface area contributed by atoms with E-state index < -0.39 is 23.1 Å². The van der Waals surface area contributed by atoms with E-state index in [2.05, 4.69) is 12.2 Å². The molecule has 0 fully saturated rings. The molecule has 0 spiro atoms. The van der Waals surface area contributed by atoms with E-state index in [4.69, 9.17) is 0 Å². The van der Waals surface area contributed by atoms with Gasteiger partial charge < -0.3 is 5.32 Å². The molecule has 1 rings (SSSR count). The number of benzene rings is 1. The van der Waals surface area contributed by atoms with Crippen LogP contribution in [0.3, 0.4) is 0 Å². The highest BCUT2D eigenvalue weighted by Crippen LogP contribution is 2.10. The summed E-state index contributed by atoms with van der Waals surface area (Å²) in [6, 6.07) is 3.00. The van der Waals surface area contributed by atoms with Crippen molar-refractivity contribution in [3.63, 3.8) is 0 Å². The topological polar surface area (TPSA) is 29.1 Å². The van der Waals surface area contributed by atoms with Crippen molar-refractivity contribution in [2.24, 2.45) is 0 Å². The first-order valence-electron chi connectivity index (χ1n) is 4.42. The van der Waals surface area contributed by atoms with E-state index in [1.165, 1.54) is 6.07 Å². The van der Waals surface area contributed by atoms with Crippen LogP contribution in [0, 0.1) is 18.6 Å². The molecule has 0 heterocycles. The van der Waals surface area contributed by atoms with Gasteiger partial charge in [-0.15, -0.1) is 0 Å². The number of hydrogen-bond acceptors (Lipinski definition) is 1. The van der Waals surface area contributed by atoms with Gasteiger partial charge in [-0.2, -0.15) is 0 Å². The monoisotopic (exact) mass is 212 g/mol. The van der Waals surface area contributed by atoms with E-state index in [-0.39, 0.29) is 5.56 Å². The molecule has 0 aliphatic heterocycles. The number of carbonyl (C=O) groups is 1. The summed E-state index contributed by atoms with van der Waals surface area (Å²) in [7, 11) is 0. The molecular formula is C11H12F2NO. The van der Waals surface area contributed by atoms with Crippen molar-refractivity contribution in [1.29, 1.82) is 0 Å². The van der Waals surface area contributed by atoms with Crippen LogP contribution in [-0.2, 0) is 0 Å². The molecule has 0 aliphatic rings. The predicted octanol–water partition coefficient (Wildman–Crippen LogP) is 2.31. The SMILES string of the molecule is [CH2]C(C)(C)NC(=O)c1ccc(F)c(F)c1. The molecule has 0 bridgehead atoms. The Kier molecular flexibility index (Phi) is 3.07. The van der Waals surface area contributed by atoms with Crippen molar-refractivity contribution in [2.45, 2.75) is 19.4 Å². The first-order valence-corrected chi connectivity index (χ1v) is 4.42. The molecule has 0 aliphatic carbocycles. The molecule has 1 radical (unpaired) electrons. The summed E-state index contributed by atoms with van der Waals surface area (Å²) in [5.41, 5.74) is -0.576. The zero-order chi connectivity index (χ0) is 11.6. The number of amides is 1. The van der Waals surface area contributed by atoms with Crippen LogP contribution in [0.5, 0.6) is 0 Å². The maximum absolute atomic E-state index is 12.8. The van der Waals surface area contributed by atoms with E-state index in [0.29, 0.717) is 0 Å². The lowest BCUT2D eigenvalue weighted by Crippen LogP contribution is -2.40. The van der Waals surface area contributed by atoms with Crippen LogP contribution in [0.15, 0.2) is 18.2 Å². The van der Waals surface area contributed by atoms with E-state index in [0.717, 1.165) is 12.1 Å². The molecule has 81 valence electrons. The average molecular weight is 212 g/mol. The van der Waals surface area contributed by atoms with Gasteiger partial charge in [0.2, 0.25) is 0 Å². The van der Waals surface area contributed by atoms with Gasteiger partial charge >= 0.3 is 0 Å². The van der Waals surface area contributed by atoms with Gasteiger partial charge in [0.25, 0.3) is 5.91 Å². The van der Waals surface area contributed by atoms with Crippen molar-refractivity contribution in [3.8, 4) is 0 Å². The van der Waals surface area contributed by atoms with Crippen LogP contribution < -0.4 is 5.32 Å². The van der Waals surface area contributed by atoms with Crippen LogP contribution >= 0.6 is 0 Å². The summed E-state index contributed by atoms with van der Waals surface area (Å²) in [5, 5.41) is 2.54. The summed E-state index contributed by atoms with van der Waals surface area (Å²) < 4.78 is 25.4. The maximum atomic E-state index is 12.8. The maximum Gasteiger partial charge on any atom is 0.251 e. The quantitative estimate of drug-likeness (QED) is 0.800. The first kappa shape index (κ1) is 11.6. The van der Waals surface area contributed by atoms with Crippen molar-refractivity contribution in [2.75, 3.05) is 0 Å². The Bertz CT molecular complexity index is 383. The lowest BCUT2D eigenvalue weighted by atomic mass is 10.1. The number of rotatable bonds is 2. The van der Waals surface area contributed by atoms with Crippen molar-refractivity contribution in [1.82, 2.24) is 5.32 Å². The number of carbonyl (C=O) groups excluding carboxylic acids is 1. The minimum atomic E-state index is -1.04. The molecule has 1 aromatic rings. The fraction of sp³-hybridized carbons (Fsp3) is 0.273. The molecular weight excluding hydrogens is 200 g/mol. The van der Waals surface area contributed by atoms with E-state index in [9.17, 15) is 13.6 Å². The molecule has 4 heteroatoms. The average Bonchev–Trinajstić information content (AvgIpc) is 2.06. The van der Waals surface area contributed by atoms with Gasteiger partial charge in [0, 0.05) is 11.1 Å². The predicted molar refractivity (Wildman–Crippen MR) is 53.3 cm³/mol. The van der Waals surface area contributed by atoms with Crippen LogP contribution in [0.1, 0.15) is 24.2 Å². The third-order valence-corrected chi connectivity index (χ3v) is 1.63. The molecule has 2 nitrogen and oxygen atoms in total. The van der Waals surface area contributed by atoms with Crippen molar-refractivity contribution < 1.29 is 13.6 Å². The van der Waals surface area contributed by atoms with Crippen LogP contribution in [0.25, 0.3) is 0 Å². The Morgan fingerprint density at radius 3 is 2.40 bits per heavy atom.